The molecule has 9 heteroatoms. The van der Waals surface area contributed by atoms with Crippen LogP contribution in [0.2, 0.25) is 0 Å². The number of benzene rings is 2. The number of carbonyl (C=O) groups is 2. The van der Waals surface area contributed by atoms with E-state index in [2.05, 4.69) is 10.1 Å². The van der Waals surface area contributed by atoms with Gasteiger partial charge < -0.3 is 29.4 Å². The summed E-state index contributed by atoms with van der Waals surface area (Å²) in [5.41, 5.74) is 1.57. The van der Waals surface area contributed by atoms with Gasteiger partial charge in [-0.25, -0.2) is 9.59 Å². The first kappa shape index (κ1) is 23.1. The zero-order valence-corrected chi connectivity index (χ0v) is 18.6. The van der Waals surface area contributed by atoms with Gasteiger partial charge in [0.2, 0.25) is 0 Å². The van der Waals surface area contributed by atoms with E-state index in [0.717, 1.165) is 4.90 Å². The van der Waals surface area contributed by atoms with Crippen molar-refractivity contribution < 1.29 is 33.6 Å². The second kappa shape index (κ2) is 10.6. The summed E-state index contributed by atoms with van der Waals surface area (Å²) in [4.78, 5) is 24.4. The minimum atomic E-state index is -1.49. The minimum absolute atomic E-state index is 0.0776. The highest BCUT2D eigenvalue weighted by Crippen LogP contribution is 2.43. The number of methoxy groups -OCH3 is 1. The highest BCUT2D eigenvalue weighted by molar-refractivity contribution is 7.99. The number of hydrogen-bond acceptors (Lipinski definition) is 8. The molecule has 8 nitrogen and oxygen atoms in total. The van der Waals surface area contributed by atoms with E-state index >= 15 is 0 Å². The molecular formula is C23H23NO7S. The zero-order valence-electron chi connectivity index (χ0n) is 17.8. The van der Waals surface area contributed by atoms with Gasteiger partial charge in [-0.2, -0.15) is 0 Å². The normalized spacial score (nSPS) is 15.7. The summed E-state index contributed by atoms with van der Waals surface area (Å²) in [6.45, 7) is 3.39. The Labute approximate surface area is 189 Å². The van der Waals surface area contributed by atoms with Crippen LogP contribution in [0.25, 0.3) is 0 Å². The molecular weight excluding hydrogens is 434 g/mol. The molecule has 0 radical (unpaired) electrons. The van der Waals surface area contributed by atoms with Gasteiger partial charge in [0.25, 0.3) is 0 Å². The molecule has 2 N–H and O–H groups in total. The summed E-state index contributed by atoms with van der Waals surface area (Å²) in [6, 6.07) is 16.9. The van der Waals surface area contributed by atoms with Crippen molar-refractivity contribution in [2.45, 2.75) is 24.7 Å². The molecule has 1 aliphatic heterocycles. The Bertz CT molecular complexity index is 1050. The van der Waals surface area contributed by atoms with Crippen molar-refractivity contribution >= 4 is 24.1 Å². The molecule has 168 valence electrons. The van der Waals surface area contributed by atoms with Crippen LogP contribution in [-0.4, -0.2) is 30.5 Å². The minimum Gasteiger partial charge on any atom is -0.482 e. The van der Waals surface area contributed by atoms with Crippen molar-refractivity contribution in [3.63, 3.8) is 0 Å². The fourth-order valence-electron chi connectivity index (χ4n) is 3.26. The third-order valence-corrected chi connectivity index (χ3v) is 5.45. The standard InChI is InChI=1S/C23H23NO7S/c1-14-20(30-22(25)26)19(21(15(2)24-14)31-23(27)28-3)17-11-7-8-12-18(17)29-13-32-16-9-5-4-6-10-16/h4-12,19,24H,13H2,1-3H3,(H,25,26). The van der Waals surface area contributed by atoms with Crippen molar-refractivity contribution in [1.82, 2.24) is 5.32 Å². The highest BCUT2D eigenvalue weighted by Gasteiger charge is 2.36. The van der Waals surface area contributed by atoms with Crippen LogP contribution >= 0.6 is 11.8 Å². The number of ether oxygens (including phenoxy) is 4. The molecule has 32 heavy (non-hydrogen) atoms. The predicted molar refractivity (Wildman–Crippen MR) is 118 cm³/mol. The van der Waals surface area contributed by atoms with Gasteiger partial charge in [-0.1, -0.05) is 48.2 Å². The average molecular weight is 458 g/mol. The van der Waals surface area contributed by atoms with Gasteiger partial charge in [0.1, 0.15) is 29.1 Å². The van der Waals surface area contributed by atoms with Crippen LogP contribution in [0.5, 0.6) is 5.75 Å². The summed E-state index contributed by atoms with van der Waals surface area (Å²) in [7, 11) is 1.19. The number of carbonyl (C=O) groups excluding carboxylic acids is 1. The third kappa shape index (κ3) is 5.55. The van der Waals surface area contributed by atoms with Gasteiger partial charge in [-0.05, 0) is 32.0 Å². The lowest BCUT2D eigenvalue weighted by Gasteiger charge is -2.30. The maximum atomic E-state index is 11.9. The number of nitrogens with one attached hydrogen (secondary N) is 1. The Hall–Kier alpha value is -3.59. The predicted octanol–water partition coefficient (Wildman–Crippen LogP) is 5.44. The number of para-hydroxylation sites is 1. The Morgan fingerprint density at radius 3 is 2.25 bits per heavy atom. The number of thioether (sulfide) groups is 1. The summed E-state index contributed by atoms with van der Waals surface area (Å²) in [6.07, 6.45) is -2.42. The summed E-state index contributed by atoms with van der Waals surface area (Å²) >= 11 is 1.51. The zero-order chi connectivity index (χ0) is 23.1. The lowest BCUT2D eigenvalue weighted by atomic mass is 9.90. The van der Waals surface area contributed by atoms with E-state index in [0.29, 0.717) is 28.6 Å². The molecule has 0 aliphatic carbocycles. The first-order valence-corrected chi connectivity index (χ1v) is 10.6. The van der Waals surface area contributed by atoms with Crippen LogP contribution in [0.3, 0.4) is 0 Å². The van der Waals surface area contributed by atoms with Crippen LogP contribution in [-0.2, 0) is 14.2 Å². The number of dihydropyridines is 1. The van der Waals surface area contributed by atoms with E-state index in [1.165, 1.54) is 18.9 Å². The number of carboxylic acid groups (broad SMARTS) is 1. The molecule has 0 saturated heterocycles. The molecule has 1 heterocycles. The molecule has 0 amide bonds. The van der Waals surface area contributed by atoms with Crippen LogP contribution in [0.4, 0.5) is 9.59 Å². The summed E-state index contributed by atoms with van der Waals surface area (Å²) in [5.74, 6) is 0.212. The van der Waals surface area contributed by atoms with E-state index in [9.17, 15) is 14.7 Å². The highest BCUT2D eigenvalue weighted by atomic mass is 32.2. The third-order valence-electron chi connectivity index (χ3n) is 4.61. The van der Waals surface area contributed by atoms with E-state index in [4.69, 9.17) is 14.2 Å². The van der Waals surface area contributed by atoms with Crippen LogP contribution in [0.15, 0.2) is 82.4 Å². The lowest BCUT2D eigenvalue weighted by Crippen LogP contribution is -2.29. The molecule has 2 aromatic rings. The van der Waals surface area contributed by atoms with Crippen molar-refractivity contribution in [2.24, 2.45) is 0 Å². The fourth-order valence-corrected chi connectivity index (χ4v) is 3.94. The fraction of sp³-hybridized carbons (Fsp3) is 0.217. The summed E-state index contributed by atoms with van der Waals surface area (Å²) in [5, 5.41) is 12.3. The van der Waals surface area contributed by atoms with Crippen LogP contribution in [0, 0.1) is 0 Å². The monoisotopic (exact) mass is 457 g/mol. The molecule has 1 aliphatic rings. The number of rotatable bonds is 7. The van der Waals surface area contributed by atoms with Crippen molar-refractivity contribution in [3.05, 3.63) is 83.1 Å². The van der Waals surface area contributed by atoms with Gasteiger partial charge in [-0.3, -0.25) is 0 Å². The SMILES string of the molecule is COC(=O)OC1=C(C)NC(C)=C(OC(=O)O)C1c1ccccc1OCSc1ccccc1. The molecule has 3 rings (SSSR count). The number of hydrogen-bond donors (Lipinski definition) is 2. The summed E-state index contributed by atoms with van der Waals surface area (Å²) < 4.78 is 21.2. The average Bonchev–Trinajstić information content (AvgIpc) is 2.78. The largest absolute Gasteiger partial charge is 0.513 e. The first-order chi connectivity index (χ1) is 15.4. The maximum Gasteiger partial charge on any atom is 0.513 e. The second-order valence-corrected chi connectivity index (χ2v) is 7.71. The van der Waals surface area contributed by atoms with Gasteiger partial charge in [-0.15, -0.1) is 0 Å². The van der Waals surface area contributed by atoms with E-state index < -0.39 is 18.2 Å². The van der Waals surface area contributed by atoms with Crippen molar-refractivity contribution in [1.29, 1.82) is 0 Å². The van der Waals surface area contributed by atoms with Gasteiger partial charge in [0, 0.05) is 10.5 Å². The molecule has 0 saturated carbocycles. The molecule has 0 spiro atoms. The molecule has 1 unspecified atom stereocenters. The molecule has 0 fully saturated rings. The Kier molecular flexibility index (Phi) is 7.67. The van der Waals surface area contributed by atoms with Crippen LogP contribution in [0.1, 0.15) is 25.3 Å². The molecule has 0 aromatic heterocycles. The van der Waals surface area contributed by atoms with Gasteiger partial charge in [0.05, 0.1) is 18.5 Å². The Balaban J connectivity index is 1.97. The topological polar surface area (TPSA) is 103 Å². The smallest absolute Gasteiger partial charge is 0.482 e. The van der Waals surface area contributed by atoms with Gasteiger partial charge in [0.15, 0.2) is 0 Å². The quantitative estimate of drug-likeness (QED) is 0.319. The first-order valence-electron chi connectivity index (χ1n) is 9.65. The molecule has 0 bridgehead atoms. The van der Waals surface area contributed by atoms with Crippen LogP contribution < -0.4 is 10.1 Å². The van der Waals surface area contributed by atoms with Gasteiger partial charge >= 0.3 is 12.3 Å². The molecule has 2 aromatic carbocycles. The second-order valence-electron chi connectivity index (χ2n) is 6.72. The van der Waals surface area contributed by atoms with E-state index in [-0.39, 0.29) is 11.5 Å². The van der Waals surface area contributed by atoms with E-state index in [1.54, 1.807) is 38.1 Å². The lowest BCUT2D eigenvalue weighted by molar-refractivity contribution is 0.0846. The van der Waals surface area contributed by atoms with Crippen molar-refractivity contribution in [3.8, 4) is 5.75 Å². The van der Waals surface area contributed by atoms with E-state index in [1.807, 2.05) is 30.3 Å². The Morgan fingerprint density at radius 1 is 0.969 bits per heavy atom. The maximum absolute atomic E-state index is 11.9. The number of allylic oxidation sites excluding steroid dienone is 2. The molecule has 1 atom stereocenters. The van der Waals surface area contributed by atoms with Crippen molar-refractivity contribution in [2.75, 3.05) is 13.0 Å². The Morgan fingerprint density at radius 2 is 1.59 bits per heavy atom.